The summed E-state index contributed by atoms with van der Waals surface area (Å²) in [7, 11) is 0. The molecule has 1 rings (SSSR count). The summed E-state index contributed by atoms with van der Waals surface area (Å²) >= 11 is 0. The van der Waals surface area contributed by atoms with E-state index in [1.807, 2.05) is 18.7 Å². The van der Waals surface area contributed by atoms with E-state index in [1.54, 1.807) is 0 Å². The van der Waals surface area contributed by atoms with Crippen LogP contribution in [-0.4, -0.2) is 28.8 Å². The lowest BCUT2D eigenvalue weighted by molar-refractivity contribution is -0.0808. The largest absolute Gasteiger partial charge is 0.376 e. The molecule has 0 amide bonds. The van der Waals surface area contributed by atoms with Crippen LogP contribution in [0.1, 0.15) is 20.3 Å². The fourth-order valence-electron chi connectivity index (χ4n) is 1.10. The molecule has 1 heterocycles. The molecule has 0 saturated heterocycles. The Morgan fingerprint density at radius 3 is 2.40 bits per heavy atom. The van der Waals surface area contributed by atoms with Gasteiger partial charge in [-0.25, -0.2) is 0 Å². The van der Waals surface area contributed by atoms with Crippen molar-refractivity contribution in [3.63, 3.8) is 0 Å². The number of hydrogen-bond donors (Lipinski definition) is 1. The molecule has 1 aliphatic rings. The zero-order valence-corrected chi connectivity index (χ0v) is 6.67. The van der Waals surface area contributed by atoms with Gasteiger partial charge >= 0.3 is 0 Å². The van der Waals surface area contributed by atoms with Gasteiger partial charge in [0.15, 0.2) is 0 Å². The second-order valence-corrected chi connectivity index (χ2v) is 2.95. The summed E-state index contributed by atoms with van der Waals surface area (Å²) in [6.07, 6.45) is 4.96. The number of hydrogen-bond acceptors (Lipinski definition) is 2. The summed E-state index contributed by atoms with van der Waals surface area (Å²) < 4.78 is 0. The van der Waals surface area contributed by atoms with E-state index in [4.69, 9.17) is 0 Å². The fourth-order valence-corrected chi connectivity index (χ4v) is 1.10. The average Bonchev–Trinajstić information content (AvgIpc) is 2.38. The highest BCUT2D eigenvalue weighted by atomic mass is 16.3. The fraction of sp³-hybridized carbons (Fsp3) is 0.750. The van der Waals surface area contributed by atoms with Gasteiger partial charge in [-0.15, -0.1) is 0 Å². The molecule has 1 atom stereocenters. The molecule has 2 nitrogen and oxygen atoms in total. The van der Waals surface area contributed by atoms with Gasteiger partial charge in [-0.05, 0) is 13.3 Å². The SMILES string of the molecule is CCC(C)(O)N1CC=CC1. The van der Waals surface area contributed by atoms with Crippen LogP contribution < -0.4 is 0 Å². The number of nitrogens with zero attached hydrogens (tertiary/aromatic N) is 1. The minimum atomic E-state index is -0.608. The van der Waals surface area contributed by atoms with Crippen molar-refractivity contribution in [2.24, 2.45) is 0 Å². The summed E-state index contributed by atoms with van der Waals surface area (Å²) in [4.78, 5) is 2.05. The van der Waals surface area contributed by atoms with Crippen LogP contribution in [0.2, 0.25) is 0 Å². The lowest BCUT2D eigenvalue weighted by Gasteiger charge is -2.32. The molecular weight excluding hydrogens is 126 g/mol. The van der Waals surface area contributed by atoms with Crippen molar-refractivity contribution in [2.45, 2.75) is 26.0 Å². The Balaban J connectivity index is 2.48. The van der Waals surface area contributed by atoms with E-state index < -0.39 is 5.72 Å². The van der Waals surface area contributed by atoms with Crippen LogP contribution in [0.4, 0.5) is 0 Å². The molecule has 0 spiro atoms. The van der Waals surface area contributed by atoms with E-state index >= 15 is 0 Å². The van der Waals surface area contributed by atoms with Crippen molar-refractivity contribution in [1.29, 1.82) is 0 Å². The molecule has 0 bridgehead atoms. The molecule has 0 radical (unpaired) electrons. The van der Waals surface area contributed by atoms with Crippen molar-refractivity contribution in [1.82, 2.24) is 4.90 Å². The molecular formula is C8H15NO. The first kappa shape index (κ1) is 7.76. The second kappa shape index (κ2) is 2.72. The third kappa shape index (κ3) is 1.39. The quantitative estimate of drug-likeness (QED) is 0.579. The van der Waals surface area contributed by atoms with Crippen LogP contribution in [0.25, 0.3) is 0 Å². The first-order valence-electron chi connectivity index (χ1n) is 3.79. The van der Waals surface area contributed by atoms with E-state index in [0.29, 0.717) is 0 Å². The Hall–Kier alpha value is -0.340. The Morgan fingerprint density at radius 1 is 1.50 bits per heavy atom. The van der Waals surface area contributed by atoms with Gasteiger partial charge in [0.25, 0.3) is 0 Å². The molecule has 1 N–H and O–H groups in total. The molecule has 10 heavy (non-hydrogen) atoms. The van der Waals surface area contributed by atoms with Crippen LogP contribution in [-0.2, 0) is 0 Å². The standard InChI is InChI=1S/C8H15NO/c1-3-8(2,10)9-6-4-5-7-9/h4-5,10H,3,6-7H2,1-2H3. The van der Waals surface area contributed by atoms with E-state index in [0.717, 1.165) is 19.5 Å². The van der Waals surface area contributed by atoms with Gasteiger partial charge in [-0.2, -0.15) is 0 Å². The van der Waals surface area contributed by atoms with Gasteiger partial charge in [-0.3, -0.25) is 4.90 Å². The highest BCUT2D eigenvalue weighted by Gasteiger charge is 2.26. The average molecular weight is 141 g/mol. The van der Waals surface area contributed by atoms with Gasteiger partial charge in [0.2, 0.25) is 0 Å². The molecule has 0 saturated carbocycles. The molecule has 2 heteroatoms. The van der Waals surface area contributed by atoms with E-state index in [9.17, 15) is 5.11 Å². The maximum atomic E-state index is 9.71. The third-order valence-electron chi connectivity index (χ3n) is 2.17. The van der Waals surface area contributed by atoms with Crippen LogP contribution in [0.15, 0.2) is 12.2 Å². The number of aliphatic hydroxyl groups is 1. The summed E-state index contributed by atoms with van der Waals surface area (Å²) in [5.74, 6) is 0. The monoisotopic (exact) mass is 141 g/mol. The summed E-state index contributed by atoms with van der Waals surface area (Å²) in [6, 6.07) is 0. The van der Waals surface area contributed by atoms with Gasteiger partial charge < -0.3 is 5.11 Å². The molecule has 1 unspecified atom stereocenters. The summed E-state index contributed by atoms with van der Waals surface area (Å²) in [5, 5.41) is 9.71. The van der Waals surface area contributed by atoms with Gasteiger partial charge in [0, 0.05) is 13.1 Å². The first-order chi connectivity index (χ1) is 4.67. The molecule has 0 fully saturated rings. The Labute approximate surface area is 62.2 Å². The third-order valence-corrected chi connectivity index (χ3v) is 2.17. The van der Waals surface area contributed by atoms with Crippen molar-refractivity contribution >= 4 is 0 Å². The van der Waals surface area contributed by atoms with E-state index in [2.05, 4.69) is 12.2 Å². The van der Waals surface area contributed by atoms with Crippen molar-refractivity contribution in [3.8, 4) is 0 Å². The van der Waals surface area contributed by atoms with Crippen molar-refractivity contribution < 1.29 is 5.11 Å². The van der Waals surface area contributed by atoms with Gasteiger partial charge in [-0.1, -0.05) is 19.1 Å². The highest BCUT2D eigenvalue weighted by Crippen LogP contribution is 2.17. The van der Waals surface area contributed by atoms with Crippen LogP contribution in [0.5, 0.6) is 0 Å². The number of rotatable bonds is 2. The van der Waals surface area contributed by atoms with Crippen LogP contribution >= 0.6 is 0 Å². The van der Waals surface area contributed by atoms with E-state index in [1.165, 1.54) is 0 Å². The molecule has 0 aromatic heterocycles. The van der Waals surface area contributed by atoms with Crippen LogP contribution in [0.3, 0.4) is 0 Å². The topological polar surface area (TPSA) is 23.5 Å². The van der Waals surface area contributed by atoms with Crippen LogP contribution in [0, 0.1) is 0 Å². The zero-order valence-electron chi connectivity index (χ0n) is 6.67. The summed E-state index contributed by atoms with van der Waals surface area (Å²) in [5.41, 5.74) is -0.608. The molecule has 0 aromatic rings. The minimum Gasteiger partial charge on any atom is -0.376 e. The van der Waals surface area contributed by atoms with E-state index in [-0.39, 0.29) is 0 Å². The highest BCUT2D eigenvalue weighted by molar-refractivity contribution is 4.98. The lowest BCUT2D eigenvalue weighted by atomic mass is 10.1. The van der Waals surface area contributed by atoms with Gasteiger partial charge in [0.1, 0.15) is 5.72 Å². The maximum absolute atomic E-state index is 9.71. The Bertz CT molecular complexity index is 132. The lowest BCUT2D eigenvalue weighted by Crippen LogP contribution is -2.44. The van der Waals surface area contributed by atoms with Crippen molar-refractivity contribution in [3.05, 3.63) is 12.2 Å². The second-order valence-electron chi connectivity index (χ2n) is 2.95. The first-order valence-corrected chi connectivity index (χ1v) is 3.79. The normalized spacial score (nSPS) is 25.1. The maximum Gasteiger partial charge on any atom is 0.115 e. The van der Waals surface area contributed by atoms with Gasteiger partial charge in [0.05, 0.1) is 0 Å². The Morgan fingerprint density at radius 2 is 2.00 bits per heavy atom. The zero-order chi connectivity index (χ0) is 7.61. The predicted molar refractivity (Wildman–Crippen MR) is 41.6 cm³/mol. The smallest absolute Gasteiger partial charge is 0.115 e. The van der Waals surface area contributed by atoms with Crippen molar-refractivity contribution in [2.75, 3.05) is 13.1 Å². The molecule has 0 aromatic carbocycles. The minimum absolute atomic E-state index is 0.608. The predicted octanol–water partition coefficient (Wildman–Crippen LogP) is 0.977. The Kier molecular flexibility index (Phi) is 2.11. The molecule has 1 aliphatic heterocycles. The molecule has 0 aliphatic carbocycles. The molecule has 58 valence electrons. The summed E-state index contributed by atoms with van der Waals surface area (Å²) in [6.45, 7) is 5.64.